The van der Waals surface area contributed by atoms with Gasteiger partial charge in [0, 0.05) is 10.9 Å². The van der Waals surface area contributed by atoms with E-state index in [4.69, 9.17) is 18.2 Å². The first kappa shape index (κ1) is 12.7. The molecule has 0 aliphatic heterocycles. The lowest BCUT2D eigenvalue weighted by Crippen LogP contribution is -1.94. The smallest absolute Gasteiger partial charge is 0.210 e. The number of rotatable bonds is 2. The molecule has 3 rings (SSSR count). The van der Waals surface area contributed by atoms with Crippen LogP contribution in [-0.2, 0) is 6.61 Å². The summed E-state index contributed by atoms with van der Waals surface area (Å²) in [4.78, 5) is 3.54. The fourth-order valence-corrected chi connectivity index (χ4v) is 2.75. The number of para-hydroxylation sites is 3. The standard InChI is InChI=1S/C16H11ClN2O/c1-18-13-7-3-5-9-15(13)19-14-8-4-2-6-11(14)12(10-20)16(19)17/h2-9,20H,10H2. The summed E-state index contributed by atoms with van der Waals surface area (Å²) in [5, 5.41) is 10.9. The van der Waals surface area contributed by atoms with Crippen molar-refractivity contribution in [3.05, 3.63) is 70.7 Å². The van der Waals surface area contributed by atoms with Crippen LogP contribution in [0.1, 0.15) is 5.56 Å². The van der Waals surface area contributed by atoms with Crippen LogP contribution in [0.4, 0.5) is 5.69 Å². The molecule has 20 heavy (non-hydrogen) atoms. The Hall–Kier alpha value is -2.28. The first-order valence-corrected chi connectivity index (χ1v) is 6.51. The molecule has 1 heterocycles. The highest BCUT2D eigenvalue weighted by atomic mass is 35.5. The highest BCUT2D eigenvalue weighted by Gasteiger charge is 2.17. The van der Waals surface area contributed by atoms with Crippen molar-refractivity contribution in [1.29, 1.82) is 0 Å². The first-order chi connectivity index (χ1) is 9.77. The quantitative estimate of drug-likeness (QED) is 0.697. The topological polar surface area (TPSA) is 29.5 Å². The minimum absolute atomic E-state index is 0.132. The van der Waals surface area contributed by atoms with Crippen molar-refractivity contribution < 1.29 is 5.11 Å². The van der Waals surface area contributed by atoms with Crippen LogP contribution in [0.3, 0.4) is 0 Å². The second kappa shape index (κ2) is 5.01. The van der Waals surface area contributed by atoms with Gasteiger partial charge in [-0.25, -0.2) is 4.85 Å². The Morgan fingerprint density at radius 3 is 2.55 bits per heavy atom. The molecule has 2 aromatic carbocycles. The molecule has 1 N–H and O–H groups in total. The summed E-state index contributed by atoms with van der Waals surface area (Å²) in [6.45, 7) is 7.15. The predicted octanol–water partition coefficient (Wildman–Crippen LogP) is 4.33. The maximum atomic E-state index is 9.54. The number of hydrogen-bond donors (Lipinski definition) is 1. The Balaban J connectivity index is 2.43. The van der Waals surface area contributed by atoms with Crippen LogP contribution in [0.15, 0.2) is 48.5 Å². The van der Waals surface area contributed by atoms with Crippen molar-refractivity contribution in [2.45, 2.75) is 6.61 Å². The van der Waals surface area contributed by atoms with Gasteiger partial charge in [0.2, 0.25) is 5.69 Å². The zero-order valence-corrected chi connectivity index (χ0v) is 11.3. The summed E-state index contributed by atoms with van der Waals surface area (Å²) in [5.74, 6) is 0. The Kier molecular flexibility index (Phi) is 3.19. The van der Waals surface area contributed by atoms with Crippen molar-refractivity contribution in [3.63, 3.8) is 0 Å². The van der Waals surface area contributed by atoms with Crippen LogP contribution in [-0.4, -0.2) is 9.67 Å². The fourth-order valence-electron chi connectivity index (χ4n) is 2.41. The van der Waals surface area contributed by atoms with Gasteiger partial charge in [-0.2, -0.15) is 0 Å². The maximum Gasteiger partial charge on any atom is 0.210 e. The average molecular weight is 283 g/mol. The first-order valence-electron chi connectivity index (χ1n) is 6.13. The highest BCUT2D eigenvalue weighted by molar-refractivity contribution is 6.32. The number of nitrogens with zero attached hydrogens (tertiary/aromatic N) is 2. The molecular weight excluding hydrogens is 272 g/mol. The number of hydrogen-bond acceptors (Lipinski definition) is 1. The fraction of sp³-hybridized carbons (Fsp3) is 0.0625. The van der Waals surface area contributed by atoms with E-state index in [0.29, 0.717) is 16.4 Å². The summed E-state index contributed by atoms with van der Waals surface area (Å²) in [6, 6.07) is 15.0. The largest absolute Gasteiger partial charge is 0.392 e. The van der Waals surface area contributed by atoms with E-state index in [9.17, 15) is 5.11 Å². The molecule has 98 valence electrons. The third-order valence-electron chi connectivity index (χ3n) is 3.32. The van der Waals surface area contributed by atoms with Gasteiger partial charge >= 0.3 is 0 Å². The normalized spacial score (nSPS) is 10.7. The van der Waals surface area contributed by atoms with E-state index in [0.717, 1.165) is 16.6 Å². The van der Waals surface area contributed by atoms with Gasteiger partial charge < -0.3 is 9.67 Å². The minimum atomic E-state index is -0.132. The average Bonchev–Trinajstić information content (AvgIpc) is 2.78. The van der Waals surface area contributed by atoms with Crippen molar-refractivity contribution >= 4 is 28.2 Å². The third kappa shape index (κ3) is 1.78. The molecule has 0 saturated heterocycles. The number of fused-ring (bicyclic) bond motifs is 1. The lowest BCUT2D eigenvalue weighted by molar-refractivity contribution is 0.283. The van der Waals surface area contributed by atoms with E-state index in [-0.39, 0.29) is 6.61 Å². The van der Waals surface area contributed by atoms with Gasteiger partial charge in [-0.1, -0.05) is 48.0 Å². The van der Waals surface area contributed by atoms with Crippen molar-refractivity contribution in [2.75, 3.05) is 0 Å². The maximum absolute atomic E-state index is 9.54. The van der Waals surface area contributed by atoms with Crippen LogP contribution in [0.25, 0.3) is 21.4 Å². The molecule has 4 heteroatoms. The van der Waals surface area contributed by atoms with Gasteiger partial charge in [0.25, 0.3) is 0 Å². The van der Waals surface area contributed by atoms with Gasteiger partial charge in [-0.3, -0.25) is 0 Å². The van der Waals surface area contributed by atoms with E-state index < -0.39 is 0 Å². The van der Waals surface area contributed by atoms with Crippen LogP contribution >= 0.6 is 11.6 Å². The monoisotopic (exact) mass is 282 g/mol. The van der Waals surface area contributed by atoms with Gasteiger partial charge in [0.1, 0.15) is 5.15 Å². The number of aromatic nitrogens is 1. The van der Waals surface area contributed by atoms with Crippen LogP contribution in [0, 0.1) is 6.57 Å². The van der Waals surface area contributed by atoms with Crippen LogP contribution in [0.5, 0.6) is 0 Å². The Labute approximate surface area is 121 Å². The zero-order chi connectivity index (χ0) is 14.1. The Bertz CT molecular complexity index is 830. The summed E-state index contributed by atoms with van der Waals surface area (Å²) in [6.07, 6.45) is 0. The van der Waals surface area contributed by atoms with Crippen molar-refractivity contribution in [1.82, 2.24) is 4.57 Å². The summed E-state index contributed by atoms with van der Waals surface area (Å²) in [7, 11) is 0. The molecule has 0 unspecified atom stereocenters. The van der Waals surface area contributed by atoms with Gasteiger partial charge in [0.05, 0.1) is 24.4 Å². The second-order valence-electron chi connectivity index (χ2n) is 4.38. The molecule has 0 aliphatic carbocycles. The van der Waals surface area contributed by atoms with E-state index in [1.807, 2.05) is 47.0 Å². The van der Waals surface area contributed by atoms with Crippen LogP contribution < -0.4 is 0 Å². The molecule has 0 aliphatic rings. The van der Waals surface area contributed by atoms with E-state index in [1.165, 1.54) is 0 Å². The van der Waals surface area contributed by atoms with Crippen LogP contribution in [0.2, 0.25) is 5.15 Å². The van der Waals surface area contributed by atoms with Gasteiger partial charge in [-0.15, -0.1) is 0 Å². The molecule has 0 amide bonds. The number of aliphatic hydroxyl groups is 1. The SMILES string of the molecule is [C-]#[N+]c1ccccc1-n1c(Cl)c(CO)c2ccccc21. The number of halogens is 1. The lowest BCUT2D eigenvalue weighted by Gasteiger charge is -2.09. The van der Waals surface area contributed by atoms with Gasteiger partial charge in [0.15, 0.2) is 0 Å². The zero-order valence-electron chi connectivity index (χ0n) is 10.5. The van der Waals surface area contributed by atoms with E-state index >= 15 is 0 Å². The molecule has 0 bridgehead atoms. The molecule has 0 atom stereocenters. The van der Waals surface area contributed by atoms with Gasteiger partial charge in [-0.05, 0) is 12.1 Å². The molecule has 0 saturated carbocycles. The lowest BCUT2D eigenvalue weighted by atomic mass is 10.2. The van der Waals surface area contributed by atoms with E-state index in [1.54, 1.807) is 6.07 Å². The second-order valence-corrected chi connectivity index (χ2v) is 4.74. The Morgan fingerprint density at radius 1 is 1.10 bits per heavy atom. The number of benzene rings is 2. The summed E-state index contributed by atoms with van der Waals surface area (Å²) in [5.41, 5.74) is 2.82. The van der Waals surface area contributed by atoms with Crippen molar-refractivity contribution in [2.24, 2.45) is 0 Å². The molecule has 3 nitrogen and oxygen atoms in total. The summed E-state index contributed by atoms with van der Waals surface area (Å²) >= 11 is 6.42. The number of aliphatic hydroxyl groups excluding tert-OH is 1. The molecule has 3 aromatic rings. The van der Waals surface area contributed by atoms with Crippen molar-refractivity contribution in [3.8, 4) is 5.69 Å². The molecule has 0 spiro atoms. The van der Waals surface area contributed by atoms with E-state index in [2.05, 4.69) is 4.85 Å². The molecule has 0 fully saturated rings. The highest BCUT2D eigenvalue weighted by Crippen LogP contribution is 2.36. The summed E-state index contributed by atoms with van der Waals surface area (Å²) < 4.78 is 1.82. The predicted molar refractivity (Wildman–Crippen MR) is 80.5 cm³/mol. The molecule has 0 radical (unpaired) electrons. The third-order valence-corrected chi connectivity index (χ3v) is 3.71. The Morgan fingerprint density at radius 2 is 1.80 bits per heavy atom. The molecule has 1 aromatic heterocycles. The minimum Gasteiger partial charge on any atom is -0.392 e. The molecular formula is C16H11ClN2O.